The van der Waals surface area contributed by atoms with E-state index in [1.807, 2.05) is 6.07 Å². The molecule has 18 heavy (non-hydrogen) atoms. The van der Waals surface area contributed by atoms with Crippen LogP contribution < -0.4 is 0 Å². The lowest BCUT2D eigenvalue weighted by Crippen LogP contribution is -1.78. The number of benzene rings is 2. The van der Waals surface area contributed by atoms with E-state index in [9.17, 15) is 0 Å². The molecule has 0 radical (unpaired) electrons. The van der Waals surface area contributed by atoms with E-state index < -0.39 is 0 Å². The lowest BCUT2D eigenvalue weighted by molar-refractivity contribution is 1.61. The minimum Gasteiger partial charge on any atom is -0.0622 e. The minimum absolute atomic E-state index is 1.23. The minimum atomic E-state index is 1.23. The van der Waals surface area contributed by atoms with Crippen LogP contribution in [-0.2, 0) is 0 Å². The molecule has 0 N–H and O–H groups in total. The van der Waals surface area contributed by atoms with Gasteiger partial charge < -0.3 is 0 Å². The van der Waals surface area contributed by atoms with Crippen molar-refractivity contribution in [3.8, 4) is 0 Å². The van der Waals surface area contributed by atoms with E-state index >= 15 is 0 Å². The van der Waals surface area contributed by atoms with Gasteiger partial charge in [0.1, 0.15) is 0 Å². The Balaban J connectivity index is 1.84. The van der Waals surface area contributed by atoms with Gasteiger partial charge in [-0.15, -0.1) is 0 Å². The van der Waals surface area contributed by atoms with E-state index in [1.54, 1.807) is 0 Å². The van der Waals surface area contributed by atoms with E-state index in [0.717, 1.165) is 0 Å². The van der Waals surface area contributed by atoms with Crippen molar-refractivity contribution in [2.45, 2.75) is 0 Å². The highest BCUT2D eigenvalue weighted by Gasteiger charge is 2.07. The van der Waals surface area contributed by atoms with Crippen LogP contribution in [0.5, 0.6) is 0 Å². The molecule has 0 aromatic heterocycles. The quantitative estimate of drug-likeness (QED) is 0.694. The SMILES string of the molecule is C1=Cc2ccccc2/C1=C/C=C\c1ccccc1. The van der Waals surface area contributed by atoms with Crippen LogP contribution in [0.15, 0.2) is 72.8 Å². The van der Waals surface area contributed by atoms with Crippen LogP contribution in [0, 0.1) is 0 Å². The van der Waals surface area contributed by atoms with Gasteiger partial charge in [0.05, 0.1) is 0 Å². The van der Waals surface area contributed by atoms with Gasteiger partial charge in [0, 0.05) is 0 Å². The topological polar surface area (TPSA) is 0 Å². The molecular formula is C18H14. The molecule has 0 aliphatic heterocycles. The molecule has 0 unspecified atom stereocenters. The van der Waals surface area contributed by atoms with Gasteiger partial charge in [0.15, 0.2) is 0 Å². The molecule has 2 aromatic carbocycles. The largest absolute Gasteiger partial charge is 0.0622 e. The molecule has 0 fully saturated rings. The average molecular weight is 230 g/mol. The molecule has 0 amide bonds. The summed E-state index contributed by atoms with van der Waals surface area (Å²) in [6.45, 7) is 0. The Bertz CT molecular complexity index is 628. The molecule has 3 rings (SSSR count). The Kier molecular flexibility index (Phi) is 2.93. The summed E-state index contributed by atoms with van der Waals surface area (Å²) in [6, 6.07) is 18.8. The zero-order chi connectivity index (χ0) is 12.2. The first kappa shape index (κ1) is 10.8. The molecule has 0 saturated carbocycles. The van der Waals surface area contributed by atoms with E-state index in [4.69, 9.17) is 0 Å². The molecule has 0 atom stereocenters. The number of hydrogen-bond donors (Lipinski definition) is 0. The van der Waals surface area contributed by atoms with Crippen molar-refractivity contribution >= 4 is 17.7 Å². The van der Waals surface area contributed by atoms with Crippen LogP contribution in [0.1, 0.15) is 16.7 Å². The fourth-order valence-corrected chi connectivity index (χ4v) is 2.15. The summed E-state index contributed by atoms with van der Waals surface area (Å²) in [4.78, 5) is 0. The molecule has 0 saturated heterocycles. The van der Waals surface area contributed by atoms with Gasteiger partial charge in [0.25, 0.3) is 0 Å². The summed E-state index contributed by atoms with van der Waals surface area (Å²) in [5.41, 5.74) is 5.12. The summed E-state index contributed by atoms with van der Waals surface area (Å²) >= 11 is 0. The van der Waals surface area contributed by atoms with E-state index in [2.05, 4.69) is 78.9 Å². The van der Waals surface area contributed by atoms with Crippen molar-refractivity contribution in [2.75, 3.05) is 0 Å². The Labute approximate surface area is 108 Å². The average Bonchev–Trinajstić information content (AvgIpc) is 2.84. The Morgan fingerprint density at radius 3 is 2.39 bits per heavy atom. The van der Waals surface area contributed by atoms with Crippen LogP contribution in [-0.4, -0.2) is 0 Å². The highest BCUT2D eigenvalue weighted by atomic mass is 14.1. The molecule has 1 aliphatic carbocycles. The van der Waals surface area contributed by atoms with Crippen LogP contribution in [0.2, 0.25) is 0 Å². The van der Waals surface area contributed by atoms with Gasteiger partial charge in [0.2, 0.25) is 0 Å². The monoisotopic (exact) mass is 230 g/mol. The number of fused-ring (bicyclic) bond motifs is 1. The van der Waals surface area contributed by atoms with E-state index in [-0.39, 0.29) is 0 Å². The molecule has 0 bridgehead atoms. The fraction of sp³-hybridized carbons (Fsp3) is 0. The normalized spacial score (nSPS) is 15.4. The number of hydrogen-bond acceptors (Lipinski definition) is 0. The highest BCUT2D eigenvalue weighted by molar-refractivity contribution is 5.90. The van der Waals surface area contributed by atoms with Crippen molar-refractivity contribution in [1.29, 1.82) is 0 Å². The zero-order valence-electron chi connectivity index (χ0n) is 10.1. The fourth-order valence-electron chi connectivity index (χ4n) is 2.15. The molecule has 2 aromatic rings. The van der Waals surface area contributed by atoms with Gasteiger partial charge >= 0.3 is 0 Å². The van der Waals surface area contributed by atoms with Crippen molar-refractivity contribution < 1.29 is 0 Å². The van der Waals surface area contributed by atoms with Crippen molar-refractivity contribution in [2.24, 2.45) is 0 Å². The van der Waals surface area contributed by atoms with Crippen LogP contribution in [0.3, 0.4) is 0 Å². The molecule has 86 valence electrons. The summed E-state index contributed by atoms with van der Waals surface area (Å²) in [7, 11) is 0. The third-order valence-electron chi connectivity index (χ3n) is 3.08. The summed E-state index contributed by atoms with van der Waals surface area (Å²) in [5, 5.41) is 0. The lowest BCUT2D eigenvalue weighted by Gasteiger charge is -1.98. The number of allylic oxidation sites excluding steroid dienone is 4. The number of rotatable bonds is 2. The van der Waals surface area contributed by atoms with Crippen molar-refractivity contribution in [3.63, 3.8) is 0 Å². The highest BCUT2D eigenvalue weighted by Crippen LogP contribution is 2.28. The predicted molar refractivity (Wildman–Crippen MR) is 78.9 cm³/mol. The molecule has 0 heterocycles. The lowest BCUT2D eigenvalue weighted by atomic mass is 10.1. The van der Waals surface area contributed by atoms with Crippen LogP contribution >= 0.6 is 0 Å². The maximum absolute atomic E-state index is 2.17. The Morgan fingerprint density at radius 1 is 0.722 bits per heavy atom. The molecular weight excluding hydrogens is 216 g/mol. The maximum atomic E-state index is 2.17. The van der Waals surface area contributed by atoms with Gasteiger partial charge in [-0.3, -0.25) is 0 Å². The second kappa shape index (κ2) is 4.89. The second-order valence-electron chi connectivity index (χ2n) is 4.31. The summed E-state index contributed by atoms with van der Waals surface area (Å²) in [6.07, 6.45) is 10.7. The van der Waals surface area contributed by atoms with E-state index in [0.29, 0.717) is 0 Å². The first-order valence-corrected chi connectivity index (χ1v) is 6.14. The molecule has 0 nitrogen and oxygen atoms in total. The predicted octanol–water partition coefficient (Wildman–Crippen LogP) is 4.81. The van der Waals surface area contributed by atoms with Crippen LogP contribution in [0.25, 0.3) is 17.7 Å². The Hall–Kier alpha value is -2.34. The molecule has 1 aliphatic rings. The molecule has 0 heteroatoms. The Morgan fingerprint density at radius 2 is 1.50 bits per heavy atom. The first-order chi connectivity index (χ1) is 8.93. The van der Waals surface area contributed by atoms with Gasteiger partial charge in [-0.25, -0.2) is 0 Å². The first-order valence-electron chi connectivity index (χ1n) is 6.14. The van der Waals surface area contributed by atoms with Crippen molar-refractivity contribution in [1.82, 2.24) is 0 Å². The van der Waals surface area contributed by atoms with Gasteiger partial charge in [-0.1, -0.05) is 85.0 Å². The summed E-state index contributed by atoms with van der Waals surface area (Å²) in [5.74, 6) is 0. The third-order valence-corrected chi connectivity index (χ3v) is 3.08. The summed E-state index contributed by atoms with van der Waals surface area (Å²) < 4.78 is 0. The van der Waals surface area contributed by atoms with Crippen molar-refractivity contribution in [3.05, 3.63) is 89.5 Å². The van der Waals surface area contributed by atoms with E-state index in [1.165, 1.54) is 22.3 Å². The molecule has 0 spiro atoms. The smallest absolute Gasteiger partial charge is 0.0111 e. The second-order valence-corrected chi connectivity index (χ2v) is 4.31. The standard InChI is InChI=1S/C18H14/c1-2-7-15(8-3-1)9-6-11-17-14-13-16-10-4-5-12-18(16)17/h1-14H/b9-6-,17-11+. The maximum Gasteiger partial charge on any atom is -0.0111 e. The van der Waals surface area contributed by atoms with Gasteiger partial charge in [-0.2, -0.15) is 0 Å². The third kappa shape index (κ3) is 2.18. The van der Waals surface area contributed by atoms with Crippen LogP contribution in [0.4, 0.5) is 0 Å². The van der Waals surface area contributed by atoms with Gasteiger partial charge in [-0.05, 0) is 22.3 Å². The zero-order valence-corrected chi connectivity index (χ0v) is 10.1.